The van der Waals surface area contributed by atoms with E-state index in [0.717, 1.165) is 40.3 Å². The number of rotatable bonds is 3. The van der Waals surface area contributed by atoms with Crippen molar-refractivity contribution in [1.82, 2.24) is 4.98 Å². The van der Waals surface area contributed by atoms with Crippen LogP contribution in [0.4, 0.5) is 0 Å². The number of hydrogen-bond donors (Lipinski definition) is 0. The van der Waals surface area contributed by atoms with Gasteiger partial charge in [0.1, 0.15) is 11.5 Å². The summed E-state index contributed by atoms with van der Waals surface area (Å²) in [6.45, 7) is 8.02. The molecule has 96 valence electrons. The lowest BCUT2D eigenvalue weighted by atomic mass is 10.0. The van der Waals surface area contributed by atoms with E-state index in [1.54, 1.807) is 0 Å². The molecule has 0 saturated heterocycles. The van der Waals surface area contributed by atoms with E-state index in [2.05, 4.69) is 18.0 Å². The predicted molar refractivity (Wildman–Crippen MR) is 74.2 cm³/mol. The van der Waals surface area contributed by atoms with Crippen LogP contribution in [0.2, 0.25) is 0 Å². The second-order valence-corrected chi connectivity index (χ2v) is 5.28. The highest BCUT2D eigenvalue weighted by Gasteiger charge is 2.19. The first-order valence-corrected chi connectivity index (χ1v) is 6.54. The molecule has 0 spiro atoms. The minimum absolute atomic E-state index is 0.0855. The molecule has 0 radical (unpaired) electrons. The molecule has 0 aliphatic heterocycles. The van der Waals surface area contributed by atoms with E-state index in [-0.39, 0.29) is 5.38 Å². The summed E-state index contributed by atoms with van der Waals surface area (Å²) in [7, 11) is 0. The van der Waals surface area contributed by atoms with E-state index in [1.165, 1.54) is 0 Å². The van der Waals surface area contributed by atoms with Gasteiger partial charge < -0.3 is 4.42 Å². The second kappa shape index (κ2) is 5.15. The Morgan fingerprint density at radius 3 is 2.39 bits per heavy atom. The average molecular weight is 264 g/mol. The van der Waals surface area contributed by atoms with Crippen LogP contribution in [0.3, 0.4) is 0 Å². The third-order valence-electron chi connectivity index (χ3n) is 3.29. The van der Waals surface area contributed by atoms with Gasteiger partial charge in [-0.15, -0.1) is 11.6 Å². The number of halogens is 1. The number of alkyl halides is 1. The van der Waals surface area contributed by atoms with Crippen molar-refractivity contribution in [3.63, 3.8) is 0 Å². The normalized spacial score (nSPS) is 12.7. The van der Waals surface area contributed by atoms with Crippen molar-refractivity contribution >= 4 is 11.6 Å². The molecular formula is C15H18ClNO. The second-order valence-electron chi connectivity index (χ2n) is 4.75. The molecule has 2 nitrogen and oxygen atoms in total. The first-order chi connectivity index (χ1) is 8.49. The van der Waals surface area contributed by atoms with Gasteiger partial charge in [0.2, 0.25) is 0 Å². The van der Waals surface area contributed by atoms with Crippen LogP contribution in [0.15, 0.2) is 22.7 Å². The molecule has 0 amide bonds. The Morgan fingerprint density at radius 1 is 1.17 bits per heavy atom. The van der Waals surface area contributed by atoms with Gasteiger partial charge in [-0.3, -0.25) is 4.98 Å². The lowest BCUT2D eigenvalue weighted by molar-refractivity contribution is 0.499. The maximum absolute atomic E-state index is 6.50. The number of pyridine rings is 1. The van der Waals surface area contributed by atoms with E-state index in [1.807, 2.05) is 33.0 Å². The minimum Gasteiger partial charge on any atom is -0.466 e. The minimum atomic E-state index is -0.0855. The molecule has 0 fully saturated rings. The topological polar surface area (TPSA) is 26.0 Å². The largest absolute Gasteiger partial charge is 0.466 e. The molecule has 18 heavy (non-hydrogen) atoms. The van der Waals surface area contributed by atoms with Crippen molar-refractivity contribution in [3.8, 4) is 0 Å². The van der Waals surface area contributed by atoms with E-state index >= 15 is 0 Å². The molecule has 2 aromatic heterocycles. The highest BCUT2D eigenvalue weighted by Crippen LogP contribution is 2.33. The van der Waals surface area contributed by atoms with Crippen molar-refractivity contribution < 1.29 is 4.42 Å². The van der Waals surface area contributed by atoms with Crippen molar-refractivity contribution in [3.05, 3.63) is 52.2 Å². The van der Waals surface area contributed by atoms with E-state index < -0.39 is 0 Å². The van der Waals surface area contributed by atoms with Crippen LogP contribution in [-0.2, 0) is 6.42 Å². The maximum atomic E-state index is 6.50. The van der Waals surface area contributed by atoms with Crippen LogP contribution in [0.1, 0.15) is 39.3 Å². The van der Waals surface area contributed by atoms with Crippen molar-refractivity contribution in [1.29, 1.82) is 0 Å². The fourth-order valence-corrected chi connectivity index (χ4v) is 2.65. The van der Waals surface area contributed by atoms with Crippen LogP contribution in [0, 0.1) is 27.7 Å². The van der Waals surface area contributed by atoms with E-state index in [0.29, 0.717) is 0 Å². The van der Waals surface area contributed by atoms with Gasteiger partial charge >= 0.3 is 0 Å². The molecule has 1 atom stereocenters. The smallest absolute Gasteiger partial charge is 0.106 e. The maximum Gasteiger partial charge on any atom is 0.106 e. The quantitative estimate of drug-likeness (QED) is 0.766. The Kier molecular flexibility index (Phi) is 3.76. The number of hydrogen-bond acceptors (Lipinski definition) is 2. The van der Waals surface area contributed by atoms with Crippen molar-refractivity contribution in [2.45, 2.75) is 39.5 Å². The lowest BCUT2D eigenvalue weighted by Crippen LogP contribution is -2.00. The molecule has 0 aromatic carbocycles. The molecule has 1 unspecified atom stereocenters. The molecule has 2 heterocycles. The van der Waals surface area contributed by atoms with Gasteiger partial charge in [0, 0.05) is 23.9 Å². The Labute approximate surface area is 113 Å². The van der Waals surface area contributed by atoms with E-state index in [4.69, 9.17) is 16.0 Å². The zero-order chi connectivity index (χ0) is 13.3. The molecule has 0 aliphatic rings. The number of aromatic nitrogens is 1. The third-order valence-corrected chi connectivity index (χ3v) is 3.66. The van der Waals surface area contributed by atoms with Gasteiger partial charge in [-0.25, -0.2) is 0 Å². The first kappa shape index (κ1) is 13.2. The molecule has 0 bridgehead atoms. The van der Waals surface area contributed by atoms with Gasteiger partial charge in [0.15, 0.2) is 0 Å². The van der Waals surface area contributed by atoms with Crippen molar-refractivity contribution in [2.24, 2.45) is 0 Å². The first-order valence-electron chi connectivity index (χ1n) is 6.11. The Balaban J connectivity index is 2.21. The highest BCUT2D eigenvalue weighted by atomic mass is 35.5. The third kappa shape index (κ3) is 2.59. The zero-order valence-electron chi connectivity index (χ0n) is 11.2. The fourth-order valence-electron chi connectivity index (χ4n) is 2.18. The summed E-state index contributed by atoms with van der Waals surface area (Å²) in [6.07, 6.45) is 2.60. The monoisotopic (exact) mass is 263 g/mol. The van der Waals surface area contributed by atoms with Crippen LogP contribution in [0.5, 0.6) is 0 Å². The summed E-state index contributed by atoms with van der Waals surface area (Å²) in [4.78, 5) is 4.39. The Morgan fingerprint density at radius 2 is 1.89 bits per heavy atom. The van der Waals surface area contributed by atoms with E-state index in [9.17, 15) is 0 Å². The average Bonchev–Trinajstić information content (AvgIpc) is 2.56. The zero-order valence-corrected chi connectivity index (χ0v) is 12.0. The highest BCUT2D eigenvalue weighted by molar-refractivity contribution is 6.21. The summed E-state index contributed by atoms with van der Waals surface area (Å²) in [5.41, 5.74) is 4.44. The van der Waals surface area contributed by atoms with Gasteiger partial charge in [0.25, 0.3) is 0 Å². The molecule has 3 heteroatoms. The molecule has 0 N–H and O–H groups in total. The van der Waals surface area contributed by atoms with Crippen LogP contribution in [0.25, 0.3) is 0 Å². The number of nitrogens with zero attached hydrogens (tertiary/aromatic N) is 1. The molecular weight excluding hydrogens is 246 g/mol. The van der Waals surface area contributed by atoms with Crippen LogP contribution < -0.4 is 0 Å². The summed E-state index contributed by atoms with van der Waals surface area (Å²) in [6, 6.07) is 4.09. The molecule has 2 rings (SSSR count). The lowest BCUT2D eigenvalue weighted by Gasteiger charge is -2.09. The summed E-state index contributed by atoms with van der Waals surface area (Å²) < 4.78 is 5.62. The molecule has 2 aromatic rings. The SMILES string of the molecule is Cc1ccc(CC(Cl)c2c(C)oc(C)c2C)nc1. The van der Waals surface area contributed by atoms with Crippen LogP contribution in [-0.4, -0.2) is 4.98 Å². The predicted octanol–water partition coefficient (Wildman–Crippen LogP) is 4.43. The summed E-state index contributed by atoms with van der Waals surface area (Å²) in [5.74, 6) is 1.86. The molecule has 0 saturated carbocycles. The van der Waals surface area contributed by atoms with Crippen molar-refractivity contribution in [2.75, 3.05) is 0 Å². The van der Waals surface area contributed by atoms with Gasteiger partial charge in [0.05, 0.1) is 5.38 Å². The fraction of sp³-hybridized carbons (Fsp3) is 0.400. The van der Waals surface area contributed by atoms with Gasteiger partial charge in [-0.05, 0) is 44.9 Å². The number of aryl methyl sites for hydroxylation is 3. The van der Waals surface area contributed by atoms with Gasteiger partial charge in [-0.2, -0.15) is 0 Å². The summed E-state index contributed by atoms with van der Waals surface area (Å²) in [5, 5.41) is -0.0855. The van der Waals surface area contributed by atoms with Crippen LogP contribution >= 0.6 is 11.6 Å². The Hall–Kier alpha value is -1.28. The Bertz CT molecular complexity index is 542. The summed E-state index contributed by atoms with van der Waals surface area (Å²) >= 11 is 6.50. The van der Waals surface area contributed by atoms with Gasteiger partial charge in [-0.1, -0.05) is 6.07 Å². The standard InChI is InChI=1S/C15H18ClNO/c1-9-5-6-13(17-8-9)7-14(16)15-10(2)11(3)18-12(15)4/h5-6,8,14H,7H2,1-4H3. The number of furan rings is 1. The molecule has 0 aliphatic carbocycles.